The molecule has 0 aromatic carbocycles. The summed E-state index contributed by atoms with van der Waals surface area (Å²) in [5.41, 5.74) is 0.868. The van der Waals surface area contributed by atoms with Crippen molar-refractivity contribution in [3.8, 4) is 11.8 Å². The van der Waals surface area contributed by atoms with E-state index in [1.54, 1.807) is 0 Å². The summed E-state index contributed by atoms with van der Waals surface area (Å²) in [6.45, 7) is 0.732. The highest BCUT2D eigenvalue weighted by atomic mass is 35.5. The van der Waals surface area contributed by atoms with Gasteiger partial charge in [-0.15, -0.1) is 11.3 Å². The predicted octanol–water partition coefficient (Wildman–Crippen LogP) is 2.28. The van der Waals surface area contributed by atoms with E-state index in [0.29, 0.717) is 6.42 Å². The number of carbonyl (C=O) groups excluding carboxylic acids is 1. The lowest BCUT2D eigenvalue weighted by atomic mass is 9.98. The van der Waals surface area contributed by atoms with Crippen LogP contribution < -0.4 is 5.32 Å². The van der Waals surface area contributed by atoms with Gasteiger partial charge in [0, 0.05) is 18.9 Å². The zero-order chi connectivity index (χ0) is 10.7. The summed E-state index contributed by atoms with van der Waals surface area (Å²) in [7, 11) is 0. The van der Waals surface area contributed by atoms with Crippen LogP contribution in [-0.4, -0.2) is 12.5 Å². The fraction of sp³-hybridized carbons (Fsp3) is 0.364. The lowest BCUT2D eigenvalue weighted by molar-refractivity contribution is -0.122. The molecule has 0 bridgehead atoms. The van der Waals surface area contributed by atoms with Gasteiger partial charge in [0.05, 0.1) is 5.56 Å². The van der Waals surface area contributed by atoms with Crippen molar-refractivity contribution in [2.75, 3.05) is 6.54 Å². The van der Waals surface area contributed by atoms with E-state index in [4.69, 9.17) is 11.6 Å². The van der Waals surface area contributed by atoms with Gasteiger partial charge in [0.25, 0.3) is 0 Å². The number of halogens is 1. The molecule has 1 aromatic rings. The van der Waals surface area contributed by atoms with Crippen LogP contribution in [0.5, 0.6) is 0 Å². The zero-order valence-corrected chi connectivity index (χ0v) is 9.62. The summed E-state index contributed by atoms with van der Waals surface area (Å²) in [5, 5.41) is 4.70. The van der Waals surface area contributed by atoms with Crippen molar-refractivity contribution in [2.24, 2.45) is 5.92 Å². The first-order chi connectivity index (χ1) is 7.25. The van der Waals surface area contributed by atoms with Crippen LogP contribution in [0.15, 0.2) is 11.4 Å². The maximum absolute atomic E-state index is 11.1. The molecule has 4 heteroatoms. The lowest BCUT2D eigenvalue weighted by Crippen LogP contribution is -2.32. The number of nitrogens with one attached hydrogen (secondary N) is 1. The Bertz CT molecular complexity index is 429. The minimum atomic E-state index is 0.0944. The van der Waals surface area contributed by atoms with Crippen LogP contribution in [0.4, 0.5) is 0 Å². The second-order valence-electron chi connectivity index (χ2n) is 3.42. The Balaban J connectivity index is 2.05. The zero-order valence-electron chi connectivity index (χ0n) is 8.05. The molecule has 2 nitrogen and oxygen atoms in total. The number of hydrogen-bond acceptors (Lipinski definition) is 2. The molecule has 0 spiro atoms. The maximum Gasteiger partial charge on any atom is 0.221 e. The van der Waals surface area contributed by atoms with E-state index in [1.165, 1.54) is 11.3 Å². The smallest absolute Gasteiger partial charge is 0.221 e. The molecule has 15 heavy (non-hydrogen) atoms. The quantitative estimate of drug-likeness (QED) is 0.692. The molecule has 0 radical (unpaired) electrons. The van der Waals surface area contributed by atoms with E-state index < -0.39 is 0 Å². The van der Waals surface area contributed by atoms with Gasteiger partial charge in [-0.25, -0.2) is 0 Å². The first-order valence-corrected chi connectivity index (χ1v) is 6.02. The Morgan fingerprint density at radius 1 is 1.60 bits per heavy atom. The number of piperidine rings is 1. The average molecular weight is 240 g/mol. The summed E-state index contributed by atoms with van der Waals surface area (Å²) in [5.74, 6) is 6.41. The molecule has 1 unspecified atom stereocenters. The Morgan fingerprint density at radius 3 is 3.13 bits per heavy atom. The second-order valence-corrected chi connectivity index (χ2v) is 4.94. The first kappa shape index (κ1) is 10.5. The standard InChI is InChI=1S/C11H10ClNOS/c12-11-9(4-6-15-11)2-1-8-3-5-13-10(14)7-8/h4,6,8H,3,5,7H2,(H,13,14). The highest BCUT2D eigenvalue weighted by molar-refractivity contribution is 7.14. The topological polar surface area (TPSA) is 29.1 Å². The average Bonchev–Trinajstić information content (AvgIpc) is 2.61. The normalized spacial score (nSPS) is 20.3. The van der Waals surface area contributed by atoms with Crippen LogP contribution in [0.25, 0.3) is 0 Å². The fourth-order valence-electron chi connectivity index (χ4n) is 1.47. The van der Waals surface area contributed by atoms with Crippen LogP contribution in [0.3, 0.4) is 0 Å². The molecule has 1 amide bonds. The SMILES string of the molecule is O=C1CC(C#Cc2ccsc2Cl)CCN1. The van der Waals surface area contributed by atoms with Gasteiger partial charge in [-0.3, -0.25) is 4.79 Å². The van der Waals surface area contributed by atoms with Crippen LogP contribution in [0, 0.1) is 17.8 Å². The number of hydrogen-bond donors (Lipinski definition) is 1. The minimum Gasteiger partial charge on any atom is -0.356 e. The molecule has 78 valence electrons. The van der Waals surface area contributed by atoms with Crippen molar-refractivity contribution in [3.05, 3.63) is 21.3 Å². The molecule has 1 aromatic heterocycles. The van der Waals surface area contributed by atoms with Crippen molar-refractivity contribution >= 4 is 28.8 Å². The fourth-order valence-corrected chi connectivity index (χ4v) is 2.30. The van der Waals surface area contributed by atoms with Crippen LogP contribution in [-0.2, 0) is 4.79 Å². The van der Waals surface area contributed by atoms with E-state index in [1.807, 2.05) is 11.4 Å². The van der Waals surface area contributed by atoms with Crippen LogP contribution in [0.1, 0.15) is 18.4 Å². The summed E-state index contributed by atoms with van der Waals surface area (Å²) < 4.78 is 0.725. The summed E-state index contributed by atoms with van der Waals surface area (Å²) in [6, 6.07) is 1.91. The van der Waals surface area contributed by atoms with Crippen LogP contribution >= 0.6 is 22.9 Å². The lowest BCUT2D eigenvalue weighted by Gasteiger charge is -2.16. The third-order valence-electron chi connectivity index (χ3n) is 2.28. The molecule has 0 saturated carbocycles. The van der Waals surface area contributed by atoms with Gasteiger partial charge >= 0.3 is 0 Å². The van der Waals surface area contributed by atoms with Crippen molar-refractivity contribution in [1.29, 1.82) is 0 Å². The second kappa shape index (κ2) is 4.69. The number of amides is 1. The molecule has 1 aliphatic rings. The van der Waals surface area contributed by atoms with Crippen molar-refractivity contribution in [3.63, 3.8) is 0 Å². The molecule has 1 N–H and O–H groups in total. The van der Waals surface area contributed by atoms with Crippen molar-refractivity contribution in [2.45, 2.75) is 12.8 Å². The Kier molecular flexibility index (Phi) is 3.30. The molecule has 2 heterocycles. The molecular weight excluding hydrogens is 230 g/mol. The Labute approximate surface area is 97.6 Å². The number of rotatable bonds is 0. The van der Waals surface area contributed by atoms with E-state index in [9.17, 15) is 4.79 Å². The summed E-state index contributed by atoms with van der Waals surface area (Å²) in [6.07, 6.45) is 1.44. The minimum absolute atomic E-state index is 0.0944. The monoisotopic (exact) mass is 239 g/mol. The number of carbonyl (C=O) groups is 1. The largest absolute Gasteiger partial charge is 0.356 e. The van der Waals surface area contributed by atoms with Crippen LogP contribution in [0.2, 0.25) is 4.34 Å². The van der Waals surface area contributed by atoms with Gasteiger partial charge in [-0.1, -0.05) is 23.4 Å². The van der Waals surface area contributed by atoms with Crippen molar-refractivity contribution in [1.82, 2.24) is 5.32 Å². The van der Waals surface area contributed by atoms with Gasteiger partial charge in [0.2, 0.25) is 5.91 Å². The Morgan fingerprint density at radius 2 is 2.47 bits per heavy atom. The number of thiophene rings is 1. The molecule has 1 saturated heterocycles. The van der Waals surface area contributed by atoms with Gasteiger partial charge in [-0.05, 0) is 17.9 Å². The van der Waals surface area contributed by atoms with E-state index >= 15 is 0 Å². The van der Waals surface area contributed by atoms with E-state index in [2.05, 4.69) is 17.2 Å². The highest BCUT2D eigenvalue weighted by Crippen LogP contribution is 2.22. The van der Waals surface area contributed by atoms with Gasteiger partial charge in [0.15, 0.2) is 0 Å². The van der Waals surface area contributed by atoms with Gasteiger partial charge in [0.1, 0.15) is 4.34 Å². The van der Waals surface area contributed by atoms with Gasteiger partial charge < -0.3 is 5.32 Å². The van der Waals surface area contributed by atoms with Crippen molar-refractivity contribution < 1.29 is 4.79 Å². The van der Waals surface area contributed by atoms with E-state index in [0.717, 1.165) is 22.9 Å². The maximum atomic E-state index is 11.1. The summed E-state index contributed by atoms with van der Waals surface area (Å²) >= 11 is 7.40. The predicted molar refractivity (Wildman–Crippen MR) is 61.9 cm³/mol. The highest BCUT2D eigenvalue weighted by Gasteiger charge is 2.16. The third-order valence-corrected chi connectivity index (χ3v) is 3.45. The molecule has 1 atom stereocenters. The first-order valence-electron chi connectivity index (χ1n) is 4.77. The molecule has 1 fully saturated rings. The molecule has 1 aliphatic heterocycles. The molecule has 2 rings (SSSR count). The van der Waals surface area contributed by atoms with E-state index in [-0.39, 0.29) is 11.8 Å². The molecule has 0 aliphatic carbocycles. The Hall–Kier alpha value is -0.980. The third kappa shape index (κ3) is 2.74. The summed E-state index contributed by atoms with van der Waals surface area (Å²) in [4.78, 5) is 11.1. The van der Waals surface area contributed by atoms with Gasteiger partial charge in [-0.2, -0.15) is 0 Å². The molecular formula is C11H10ClNOS.